The average molecular weight is 230 g/mol. The Balaban J connectivity index is 3.38. The van der Waals surface area contributed by atoms with Gasteiger partial charge in [-0.25, -0.2) is 5.84 Å². The molecule has 5 nitrogen and oxygen atoms in total. The third-order valence-electron chi connectivity index (χ3n) is 2.01. The van der Waals surface area contributed by atoms with Crippen LogP contribution >= 0.6 is 0 Å². The maximum Gasteiger partial charge on any atom is 0.314 e. The third kappa shape index (κ3) is 2.54. The van der Waals surface area contributed by atoms with E-state index in [-0.39, 0.29) is 4.90 Å². The summed E-state index contributed by atoms with van der Waals surface area (Å²) in [5.41, 5.74) is 3.97. The van der Waals surface area contributed by atoms with E-state index in [9.17, 15) is 8.42 Å². The fraction of sp³-hybridized carbons (Fsp3) is 0.333. The molecule has 0 aliphatic heterocycles. The Kier molecular flexibility index (Phi) is 3.46. The molecule has 1 aromatic rings. The zero-order valence-electron chi connectivity index (χ0n) is 8.87. The van der Waals surface area contributed by atoms with E-state index in [4.69, 9.17) is 5.84 Å². The first-order valence-corrected chi connectivity index (χ1v) is 5.76. The molecular weight excluding hydrogens is 216 g/mol. The van der Waals surface area contributed by atoms with Gasteiger partial charge in [0.2, 0.25) is 0 Å². The Morgan fingerprint density at radius 1 is 1.20 bits per heavy atom. The van der Waals surface area contributed by atoms with Crippen molar-refractivity contribution in [3.8, 4) is 0 Å². The number of nitrogens with one attached hydrogen (secondary N) is 1. The standard InChI is InChI=1S/C9H14N2O3S/c1-6-4-7(2)9(8(3)5-6)15(12,13)14-11-10/h4-5,11H,10H2,1-3H3. The molecule has 0 fully saturated rings. The highest BCUT2D eigenvalue weighted by Gasteiger charge is 2.20. The number of rotatable bonds is 3. The number of hydrogen-bond acceptors (Lipinski definition) is 5. The lowest BCUT2D eigenvalue weighted by atomic mass is 10.1. The van der Waals surface area contributed by atoms with E-state index in [2.05, 4.69) is 4.28 Å². The van der Waals surface area contributed by atoms with E-state index in [1.54, 1.807) is 31.6 Å². The average Bonchev–Trinajstić information content (AvgIpc) is 1.99. The van der Waals surface area contributed by atoms with E-state index in [0.29, 0.717) is 11.1 Å². The molecule has 0 spiro atoms. The van der Waals surface area contributed by atoms with Gasteiger partial charge in [-0.2, -0.15) is 12.7 Å². The molecule has 1 aromatic carbocycles. The molecule has 0 saturated heterocycles. The van der Waals surface area contributed by atoms with Crippen LogP contribution in [0, 0.1) is 20.8 Å². The smallest absolute Gasteiger partial charge is 0.247 e. The second-order valence-electron chi connectivity index (χ2n) is 3.38. The van der Waals surface area contributed by atoms with Gasteiger partial charge >= 0.3 is 10.1 Å². The summed E-state index contributed by atoms with van der Waals surface area (Å²) < 4.78 is 27.6. The number of benzene rings is 1. The molecule has 6 heteroatoms. The third-order valence-corrected chi connectivity index (χ3v) is 3.47. The molecule has 0 unspecified atom stereocenters. The van der Waals surface area contributed by atoms with Gasteiger partial charge < -0.3 is 0 Å². The van der Waals surface area contributed by atoms with Crippen LogP contribution in [0.25, 0.3) is 0 Å². The molecule has 0 atom stereocenters. The minimum Gasteiger partial charge on any atom is -0.247 e. The molecule has 0 radical (unpaired) electrons. The first kappa shape index (κ1) is 12.1. The molecule has 0 aliphatic carbocycles. The highest BCUT2D eigenvalue weighted by atomic mass is 32.2. The van der Waals surface area contributed by atoms with Gasteiger partial charge in [0, 0.05) is 0 Å². The quantitative estimate of drug-likeness (QED) is 0.590. The lowest BCUT2D eigenvalue weighted by Crippen LogP contribution is -2.27. The fourth-order valence-electron chi connectivity index (χ4n) is 1.67. The van der Waals surface area contributed by atoms with Crippen molar-refractivity contribution < 1.29 is 12.7 Å². The maximum absolute atomic E-state index is 11.6. The van der Waals surface area contributed by atoms with Crippen molar-refractivity contribution >= 4 is 10.1 Å². The molecule has 0 heterocycles. The van der Waals surface area contributed by atoms with Crippen molar-refractivity contribution in [2.75, 3.05) is 0 Å². The normalized spacial score (nSPS) is 11.7. The highest BCUT2D eigenvalue weighted by molar-refractivity contribution is 7.86. The molecule has 0 amide bonds. The van der Waals surface area contributed by atoms with Gasteiger partial charge in [-0.1, -0.05) is 17.7 Å². The van der Waals surface area contributed by atoms with Crippen molar-refractivity contribution in [3.05, 3.63) is 28.8 Å². The van der Waals surface area contributed by atoms with Crippen LogP contribution in [0.2, 0.25) is 0 Å². The first-order valence-electron chi connectivity index (χ1n) is 4.35. The minimum absolute atomic E-state index is 0.158. The number of hydrogen-bond donors (Lipinski definition) is 2. The van der Waals surface area contributed by atoms with E-state index in [0.717, 1.165) is 5.56 Å². The predicted molar refractivity (Wildman–Crippen MR) is 56.2 cm³/mol. The van der Waals surface area contributed by atoms with Gasteiger partial charge in [0.25, 0.3) is 0 Å². The molecule has 0 bridgehead atoms. The van der Waals surface area contributed by atoms with Crippen molar-refractivity contribution in [2.45, 2.75) is 25.7 Å². The topological polar surface area (TPSA) is 81.4 Å². The van der Waals surface area contributed by atoms with Crippen LogP contribution in [-0.2, 0) is 14.4 Å². The molecule has 0 saturated carbocycles. The van der Waals surface area contributed by atoms with Crippen molar-refractivity contribution in [1.29, 1.82) is 0 Å². The van der Waals surface area contributed by atoms with E-state index >= 15 is 0 Å². The lowest BCUT2D eigenvalue weighted by Gasteiger charge is -2.10. The van der Waals surface area contributed by atoms with Gasteiger partial charge in [0.1, 0.15) is 4.90 Å². The summed E-state index contributed by atoms with van der Waals surface area (Å²) in [5, 5.41) is 0. The number of aryl methyl sites for hydroxylation is 3. The molecular formula is C9H14N2O3S. The summed E-state index contributed by atoms with van der Waals surface area (Å²) in [6.07, 6.45) is 0. The fourth-order valence-corrected chi connectivity index (χ4v) is 2.78. The summed E-state index contributed by atoms with van der Waals surface area (Å²) in [7, 11) is -3.82. The summed E-state index contributed by atoms with van der Waals surface area (Å²) in [6.45, 7) is 5.33. The Bertz CT molecular complexity index is 445. The summed E-state index contributed by atoms with van der Waals surface area (Å²) in [4.78, 5) is 0.158. The largest absolute Gasteiger partial charge is 0.314 e. The molecule has 15 heavy (non-hydrogen) atoms. The van der Waals surface area contributed by atoms with Gasteiger partial charge in [-0.05, 0) is 31.9 Å². The Morgan fingerprint density at radius 3 is 2.07 bits per heavy atom. The Labute approximate surface area is 89.3 Å². The minimum atomic E-state index is -3.82. The van der Waals surface area contributed by atoms with Crippen LogP contribution in [-0.4, -0.2) is 8.42 Å². The second kappa shape index (κ2) is 4.28. The zero-order valence-corrected chi connectivity index (χ0v) is 9.68. The van der Waals surface area contributed by atoms with E-state index in [1.165, 1.54) is 0 Å². The SMILES string of the molecule is Cc1cc(C)c(S(=O)(=O)ONN)c(C)c1. The Hall–Kier alpha value is -0.950. The second-order valence-corrected chi connectivity index (χ2v) is 4.87. The summed E-state index contributed by atoms with van der Waals surface area (Å²) in [6, 6.07) is 3.56. The molecule has 0 aliphatic rings. The van der Waals surface area contributed by atoms with Crippen LogP contribution in [0.3, 0.4) is 0 Å². The molecule has 0 aromatic heterocycles. The highest BCUT2D eigenvalue weighted by Crippen LogP contribution is 2.22. The van der Waals surface area contributed by atoms with Crippen LogP contribution in [0.5, 0.6) is 0 Å². The van der Waals surface area contributed by atoms with Crippen LogP contribution in [0.4, 0.5) is 0 Å². The summed E-state index contributed by atoms with van der Waals surface area (Å²) in [5.74, 6) is 4.83. The monoisotopic (exact) mass is 230 g/mol. The number of hydrazine groups is 1. The van der Waals surface area contributed by atoms with Crippen LogP contribution in [0.15, 0.2) is 17.0 Å². The predicted octanol–water partition coefficient (Wildman–Crippen LogP) is 0.695. The van der Waals surface area contributed by atoms with Gasteiger partial charge in [-0.3, -0.25) is 0 Å². The number of nitrogens with two attached hydrogens (primary N) is 1. The summed E-state index contributed by atoms with van der Waals surface area (Å²) >= 11 is 0. The molecule has 84 valence electrons. The molecule has 3 N–H and O–H groups in total. The van der Waals surface area contributed by atoms with Crippen LogP contribution in [0.1, 0.15) is 16.7 Å². The zero-order chi connectivity index (χ0) is 11.6. The van der Waals surface area contributed by atoms with Gasteiger partial charge in [0.15, 0.2) is 0 Å². The van der Waals surface area contributed by atoms with Gasteiger partial charge in [0.05, 0.1) is 0 Å². The van der Waals surface area contributed by atoms with Crippen LogP contribution < -0.4 is 11.4 Å². The first-order chi connectivity index (χ1) is 6.88. The lowest BCUT2D eigenvalue weighted by molar-refractivity contribution is 0.207. The van der Waals surface area contributed by atoms with Crippen molar-refractivity contribution in [2.24, 2.45) is 5.84 Å². The van der Waals surface area contributed by atoms with Crippen molar-refractivity contribution in [3.63, 3.8) is 0 Å². The Morgan fingerprint density at radius 2 is 1.67 bits per heavy atom. The van der Waals surface area contributed by atoms with E-state index in [1.807, 2.05) is 6.92 Å². The van der Waals surface area contributed by atoms with Gasteiger partial charge in [-0.15, -0.1) is 5.59 Å². The van der Waals surface area contributed by atoms with E-state index < -0.39 is 10.1 Å². The van der Waals surface area contributed by atoms with Crippen molar-refractivity contribution in [1.82, 2.24) is 5.59 Å². The molecule has 1 rings (SSSR count). The maximum atomic E-state index is 11.6.